The lowest BCUT2D eigenvalue weighted by Gasteiger charge is -2.36. The Hall–Kier alpha value is -1.55. The summed E-state index contributed by atoms with van der Waals surface area (Å²) in [4.78, 5) is 16.5. The van der Waals surface area contributed by atoms with E-state index in [9.17, 15) is 4.79 Å². The predicted octanol–water partition coefficient (Wildman–Crippen LogP) is 2.35. The van der Waals surface area contributed by atoms with Gasteiger partial charge >= 0.3 is 6.03 Å². The van der Waals surface area contributed by atoms with Crippen LogP contribution in [-0.2, 0) is 6.42 Å². The highest BCUT2D eigenvalue weighted by atomic mass is 16.2. The number of rotatable bonds is 3. The molecule has 1 aromatic carbocycles. The molecule has 0 atom stereocenters. The minimum absolute atomic E-state index is 0.0604. The minimum Gasteiger partial charge on any atom is -0.333 e. The maximum absolute atomic E-state index is 12.1. The molecule has 2 rings (SSSR count). The Bertz CT molecular complexity index is 445. The molecule has 0 unspecified atom stereocenters. The second-order valence-corrected chi connectivity index (χ2v) is 6.74. The van der Waals surface area contributed by atoms with Crippen LogP contribution in [0.4, 0.5) is 4.79 Å². The second-order valence-electron chi connectivity index (χ2n) is 6.74. The van der Waals surface area contributed by atoms with Crippen LogP contribution in [0.5, 0.6) is 0 Å². The molecule has 0 aliphatic carbocycles. The third-order valence-corrected chi connectivity index (χ3v) is 3.70. The molecule has 0 spiro atoms. The second kappa shape index (κ2) is 6.94. The van der Waals surface area contributed by atoms with E-state index in [0.717, 1.165) is 39.1 Å². The van der Waals surface area contributed by atoms with E-state index in [0.29, 0.717) is 0 Å². The van der Waals surface area contributed by atoms with E-state index in [2.05, 4.69) is 40.5 Å². The van der Waals surface area contributed by atoms with Gasteiger partial charge in [0.15, 0.2) is 0 Å². The van der Waals surface area contributed by atoms with Crippen LogP contribution < -0.4 is 5.32 Å². The van der Waals surface area contributed by atoms with E-state index in [1.54, 1.807) is 0 Å². The molecule has 1 N–H and O–H groups in total. The quantitative estimate of drug-likeness (QED) is 0.927. The van der Waals surface area contributed by atoms with Gasteiger partial charge in [0.05, 0.1) is 0 Å². The molecule has 21 heavy (non-hydrogen) atoms. The largest absolute Gasteiger partial charge is 0.333 e. The molecule has 1 aliphatic heterocycles. The fourth-order valence-corrected chi connectivity index (χ4v) is 2.51. The monoisotopic (exact) mass is 289 g/mol. The van der Waals surface area contributed by atoms with Gasteiger partial charge in [-0.05, 0) is 32.8 Å². The van der Waals surface area contributed by atoms with Crippen LogP contribution in [0.3, 0.4) is 0 Å². The Balaban J connectivity index is 1.72. The van der Waals surface area contributed by atoms with Crippen molar-refractivity contribution in [2.24, 2.45) is 0 Å². The molecule has 1 aliphatic rings. The van der Waals surface area contributed by atoms with Crippen LogP contribution in [0.25, 0.3) is 0 Å². The van der Waals surface area contributed by atoms with E-state index >= 15 is 0 Å². The van der Waals surface area contributed by atoms with Gasteiger partial charge in [0.25, 0.3) is 0 Å². The van der Waals surface area contributed by atoms with Crippen LogP contribution >= 0.6 is 0 Å². The highest BCUT2D eigenvalue weighted by Crippen LogP contribution is 2.07. The number of hydrogen-bond donors (Lipinski definition) is 1. The molecular formula is C17H27N3O. The number of hydrogen-bond acceptors (Lipinski definition) is 2. The first-order valence-corrected chi connectivity index (χ1v) is 7.77. The molecule has 1 saturated heterocycles. The fourth-order valence-electron chi connectivity index (χ4n) is 2.51. The maximum atomic E-state index is 12.1. The summed E-state index contributed by atoms with van der Waals surface area (Å²) in [6.07, 6.45) is 1.08. The van der Waals surface area contributed by atoms with Crippen LogP contribution in [0.15, 0.2) is 30.3 Å². The van der Waals surface area contributed by atoms with Crippen molar-refractivity contribution in [1.29, 1.82) is 0 Å². The molecule has 0 saturated carbocycles. The number of nitrogens with zero attached hydrogens (tertiary/aromatic N) is 2. The van der Waals surface area contributed by atoms with Crippen molar-refractivity contribution in [3.05, 3.63) is 35.9 Å². The Morgan fingerprint density at radius 3 is 2.29 bits per heavy atom. The van der Waals surface area contributed by atoms with E-state index in [1.807, 2.05) is 25.7 Å². The van der Waals surface area contributed by atoms with Gasteiger partial charge in [0, 0.05) is 38.3 Å². The topological polar surface area (TPSA) is 35.6 Å². The number of urea groups is 1. The fraction of sp³-hybridized carbons (Fsp3) is 0.588. The molecule has 2 amide bonds. The van der Waals surface area contributed by atoms with Crippen molar-refractivity contribution < 1.29 is 4.79 Å². The molecule has 4 nitrogen and oxygen atoms in total. The van der Waals surface area contributed by atoms with Crippen molar-refractivity contribution in [2.45, 2.75) is 32.7 Å². The molecule has 1 aromatic rings. The predicted molar refractivity (Wildman–Crippen MR) is 86.4 cm³/mol. The van der Waals surface area contributed by atoms with Gasteiger partial charge in [-0.1, -0.05) is 30.3 Å². The molecule has 4 heteroatoms. The molecule has 0 radical (unpaired) electrons. The van der Waals surface area contributed by atoms with Crippen LogP contribution in [0.2, 0.25) is 0 Å². The van der Waals surface area contributed by atoms with Gasteiger partial charge in [-0.2, -0.15) is 0 Å². The summed E-state index contributed by atoms with van der Waals surface area (Å²) in [6.45, 7) is 10.7. The number of carbonyl (C=O) groups excluding carboxylic acids is 1. The zero-order valence-corrected chi connectivity index (χ0v) is 13.4. The van der Waals surface area contributed by atoms with E-state index in [1.165, 1.54) is 5.56 Å². The zero-order chi connectivity index (χ0) is 15.3. The maximum Gasteiger partial charge on any atom is 0.317 e. The van der Waals surface area contributed by atoms with Crippen LogP contribution in [-0.4, -0.2) is 54.1 Å². The summed E-state index contributed by atoms with van der Waals surface area (Å²) in [5.74, 6) is 0. The Labute approximate surface area is 128 Å². The normalized spacial score (nSPS) is 16.8. The summed E-state index contributed by atoms with van der Waals surface area (Å²) < 4.78 is 0. The third-order valence-electron chi connectivity index (χ3n) is 3.70. The van der Waals surface area contributed by atoms with Crippen LogP contribution in [0, 0.1) is 0 Å². The SMILES string of the molecule is CC(C)(C)NC(=O)N1CCN(CCc2ccccc2)CC1. The lowest BCUT2D eigenvalue weighted by Crippen LogP contribution is -2.55. The first-order chi connectivity index (χ1) is 9.94. The van der Waals surface area contributed by atoms with Gasteiger partial charge in [0.2, 0.25) is 0 Å². The molecule has 116 valence electrons. The van der Waals surface area contributed by atoms with Gasteiger partial charge in [-0.15, -0.1) is 0 Å². The number of amides is 2. The molecule has 0 aromatic heterocycles. The number of piperazine rings is 1. The number of benzene rings is 1. The smallest absolute Gasteiger partial charge is 0.317 e. The van der Waals surface area contributed by atoms with Gasteiger partial charge < -0.3 is 10.2 Å². The summed E-state index contributed by atoms with van der Waals surface area (Å²) in [5, 5.41) is 3.03. The van der Waals surface area contributed by atoms with Crippen LogP contribution in [0.1, 0.15) is 26.3 Å². The highest BCUT2D eigenvalue weighted by Gasteiger charge is 2.23. The zero-order valence-electron chi connectivity index (χ0n) is 13.4. The molecule has 1 fully saturated rings. The summed E-state index contributed by atoms with van der Waals surface area (Å²) >= 11 is 0. The molecule has 1 heterocycles. The van der Waals surface area contributed by atoms with E-state index in [-0.39, 0.29) is 11.6 Å². The Morgan fingerprint density at radius 2 is 1.71 bits per heavy atom. The summed E-state index contributed by atoms with van der Waals surface area (Å²) in [5.41, 5.74) is 1.21. The van der Waals surface area contributed by atoms with Crippen molar-refractivity contribution in [3.63, 3.8) is 0 Å². The van der Waals surface area contributed by atoms with Crippen molar-refractivity contribution in [3.8, 4) is 0 Å². The standard InChI is InChI=1S/C17H27N3O/c1-17(2,3)18-16(21)20-13-11-19(12-14-20)10-9-15-7-5-4-6-8-15/h4-8H,9-14H2,1-3H3,(H,18,21). The van der Waals surface area contributed by atoms with Gasteiger partial charge in [-0.3, -0.25) is 4.90 Å². The molecular weight excluding hydrogens is 262 g/mol. The van der Waals surface area contributed by atoms with Crippen molar-refractivity contribution in [1.82, 2.24) is 15.1 Å². The van der Waals surface area contributed by atoms with Crippen molar-refractivity contribution in [2.75, 3.05) is 32.7 Å². The van der Waals surface area contributed by atoms with E-state index in [4.69, 9.17) is 0 Å². The lowest BCUT2D eigenvalue weighted by molar-refractivity contribution is 0.135. The Kier molecular flexibility index (Phi) is 5.23. The lowest BCUT2D eigenvalue weighted by atomic mass is 10.1. The van der Waals surface area contributed by atoms with Gasteiger partial charge in [0.1, 0.15) is 0 Å². The average molecular weight is 289 g/mol. The minimum atomic E-state index is -0.165. The number of nitrogens with one attached hydrogen (secondary N) is 1. The first kappa shape index (κ1) is 15.8. The molecule has 0 bridgehead atoms. The summed E-state index contributed by atoms with van der Waals surface area (Å²) in [7, 11) is 0. The average Bonchev–Trinajstić information content (AvgIpc) is 2.45. The van der Waals surface area contributed by atoms with Gasteiger partial charge in [-0.25, -0.2) is 4.79 Å². The van der Waals surface area contributed by atoms with E-state index < -0.39 is 0 Å². The first-order valence-electron chi connectivity index (χ1n) is 7.77. The summed E-state index contributed by atoms with van der Waals surface area (Å²) in [6, 6.07) is 10.6. The highest BCUT2D eigenvalue weighted by molar-refractivity contribution is 5.75. The Morgan fingerprint density at radius 1 is 1.10 bits per heavy atom. The third kappa shape index (κ3) is 5.38. The number of carbonyl (C=O) groups is 1. The van der Waals surface area contributed by atoms with Crippen molar-refractivity contribution >= 4 is 6.03 Å².